The molecule has 5 N–H and O–H groups in total. The molecule has 0 rings (SSSR count). The Hall–Kier alpha value is -1.63. The number of carbonyl (C=O) groups excluding carboxylic acids is 1. The van der Waals surface area contributed by atoms with Gasteiger partial charge < -0.3 is 21.3 Å². The van der Waals surface area contributed by atoms with Gasteiger partial charge in [0.2, 0.25) is 5.91 Å². The lowest BCUT2D eigenvalue weighted by Crippen LogP contribution is -2.42. The van der Waals surface area contributed by atoms with Crippen molar-refractivity contribution in [2.75, 3.05) is 0 Å². The third-order valence-electron chi connectivity index (χ3n) is 2.08. The summed E-state index contributed by atoms with van der Waals surface area (Å²) in [6.45, 7) is 1.81. The molecule has 1 amide bonds. The lowest BCUT2D eigenvalue weighted by Gasteiger charge is -2.12. The topological polar surface area (TPSA) is 130 Å². The van der Waals surface area contributed by atoms with Crippen LogP contribution in [0.25, 0.3) is 0 Å². The van der Waals surface area contributed by atoms with E-state index in [2.05, 4.69) is 5.32 Å². The normalized spacial score (nSPS) is 13.8. The van der Waals surface area contributed by atoms with Crippen molar-refractivity contribution < 1.29 is 24.6 Å². The van der Waals surface area contributed by atoms with Gasteiger partial charge in [0.15, 0.2) is 0 Å². The van der Waals surface area contributed by atoms with Gasteiger partial charge in [0, 0.05) is 12.5 Å². The predicted octanol–water partition coefficient (Wildman–Crippen LogP) is -0.452. The highest BCUT2D eigenvalue weighted by atomic mass is 16.4. The number of carboxylic acids is 2. The summed E-state index contributed by atoms with van der Waals surface area (Å²) < 4.78 is 0. The molecule has 0 aromatic carbocycles. The third kappa shape index (κ3) is 8.21. The molecule has 7 heteroatoms. The quantitative estimate of drug-likeness (QED) is 0.459. The number of hydrogen-bond acceptors (Lipinski definition) is 4. The summed E-state index contributed by atoms with van der Waals surface area (Å²) in [5, 5.41) is 19.3. The van der Waals surface area contributed by atoms with Crippen molar-refractivity contribution in [1.29, 1.82) is 0 Å². The second-order valence-corrected chi connectivity index (χ2v) is 3.93. The number of rotatable bonds is 8. The standard InChI is InChI=1S/C10H18N2O5/c1-6(11)3-2-4-8(13)12-7(10(16)17)5-9(14)15/h6-7H,2-5,11H2,1H3,(H,12,13)(H,14,15)(H,16,17). The lowest BCUT2D eigenvalue weighted by atomic mass is 10.1. The van der Waals surface area contributed by atoms with Crippen molar-refractivity contribution >= 4 is 17.8 Å². The van der Waals surface area contributed by atoms with E-state index in [1.165, 1.54) is 0 Å². The minimum atomic E-state index is -1.38. The maximum atomic E-state index is 11.3. The van der Waals surface area contributed by atoms with Crippen LogP contribution in [0.3, 0.4) is 0 Å². The van der Waals surface area contributed by atoms with Crippen molar-refractivity contribution in [2.45, 2.75) is 44.7 Å². The highest BCUT2D eigenvalue weighted by Gasteiger charge is 2.22. The third-order valence-corrected chi connectivity index (χ3v) is 2.08. The van der Waals surface area contributed by atoms with E-state index in [4.69, 9.17) is 15.9 Å². The van der Waals surface area contributed by atoms with Crippen LogP contribution >= 0.6 is 0 Å². The maximum Gasteiger partial charge on any atom is 0.326 e. The number of nitrogens with one attached hydrogen (secondary N) is 1. The number of carbonyl (C=O) groups is 3. The molecule has 2 unspecified atom stereocenters. The van der Waals surface area contributed by atoms with E-state index in [0.29, 0.717) is 12.8 Å². The second-order valence-electron chi connectivity index (χ2n) is 3.93. The zero-order valence-corrected chi connectivity index (χ0v) is 9.68. The van der Waals surface area contributed by atoms with E-state index >= 15 is 0 Å². The Morgan fingerprint density at radius 3 is 2.29 bits per heavy atom. The zero-order valence-electron chi connectivity index (χ0n) is 9.68. The van der Waals surface area contributed by atoms with Crippen molar-refractivity contribution in [2.24, 2.45) is 5.73 Å². The highest BCUT2D eigenvalue weighted by Crippen LogP contribution is 2.00. The van der Waals surface area contributed by atoms with Crippen LogP contribution in [0.15, 0.2) is 0 Å². The Morgan fingerprint density at radius 1 is 1.29 bits per heavy atom. The molecule has 0 heterocycles. The molecule has 98 valence electrons. The smallest absolute Gasteiger partial charge is 0.326 e. The van der Waals surface area contributed by atoms with Crippen LogP contribution in [0.4, 0.5) is 0 Å². The van der Waals surface area contributed by atoms with Gasteiger partial charge in [0.25, 0.3) is 0 Å². The fourth-order valence-electron chi connectivity index (χ4n) is 1.23. The van der Waals surface area contributed by atoms with Gasteiger partial charge in [-0.1, -0.05) is 0 Å². The molecule has 0 saturated carbocycles. The molecule has 7 nitrogen and oxygen atoms in total. The number of nitrogens with two attached hydrogens (primary N) is 1. The molecular weight excluding hydrogens is 228 g/mol. The van der Waals surface area contributed by atoms with Gasteiger partial charge in [-0.15, -0.1) is 0 Å². The molecule has 0 saturated heterocycles. The van der Waals surface area contributed by atoms with Crippen LogP contribution in [0.1, 0.15) is 32.6 Å². The first-order valence-electron chi connectivity index (χ1n) is 5.32. The molecule has 0 aliphatic rings. The van der Waals surface area contributed by atoms with Crippen molar-refractivity contribution in [3.63, 3.8) is 0 Å². The van der Waals surface area contributed by atoms with Crippen LogP contribution < -0.4 is 11.1 Å². The molecule has 0 radical (unpaired) electrons. The van der Waals surface area contributed by atoms with Crippen LogP contribution in [0.5, 0.6) is 0 Å². The molecule has 0 aliphatic carbocycles. The maximum absolute atomic E-state index is 11.3. The van der Waals surface area contributed by atoms with Crippen molar-refractivity contribution in [1.82, 2.24) is 5.32 Å². The van der Waals surface area contributed by atoms with E-state index < -0.39 is 30.3 Å². The van der Waals surface area contributed by atoms with Gasteiger partial charge in [-0.2, -0.15) is 0 Å². The summed E-state index contributed by atoms with van der Waals surface area (Å²) in [6, 6.07) is -1.40. The van der Waals surface area contributed by atoms with Gasteiger partial charge in [0.1, 0.15) is 6.04 Å². The second kappa shape index (κ2) is 7.61. The Bertz CT molecular complexity index is 290. The minimum Gasteiger partial charge on any atom is -0.481 e. The molecular formula is C10H18N2O5. The first-order chi connectivity index (χ1) is 7.82. The van der Waals surface area contributed by atoms with Crippen LogP contribution in [0.2, 0.25) is 0 Å². The van der Waals surface area contributed by atoms with E-state index in [-0.39, 0.29) is 12.5 Å². The molecule has 0 fully saturated rings. The van der Waals surface area contributed by atoms with Crippen LogP contribution in [0, 0.1) is 0 Å². The Balaban J connectivity index is 4.04. The fraction of sp³-hybridized carbons (Fsp3) is 0.700. The van der Waals surface area contributed by atoms with E-state index in [1.54, 1.807) is 0 Å². The van der Waals surface area contributed by atoms with Gasteiger partial charge in [0.05, 0.1) is 6.42 Å². The minimum absolute atomic E-state index is 0.0166. The molecule has 0 aromatic heterocycles. The van der Waals surface area contributed by atoms with E-state index in [0.717, 1.165) is 0 Å². The fourth-order valence-corrected chi connectivity index (χ4v) is 1.23. The molecule has 17 heavy (non-hydrogen) atoms. The van der Waals surface area contributed by atoms with Gasteiger partial charge >= 0.3 is 11.9 Å². The summed E-state index contributed by atoms with van der Waals surface area (Å²) >= 11 is 0. The molecule has 2 atom stereocenters. The largest absolute Gasteiger partial charge is 0.481 e. The van der Waals surface area contributed by atoms with Gasteiger partial charge in [-0.25, -0.2) is 4.79 Å². The zero-order chi connectivity index (χ0) is 13.4. The highest BCUT2D eigenvalue weighted by molar-refractivity contribution is 5.86. The summed E-state index contributed by atoms with van der Waals surface area (Å²) in [4.78, 5) is 32.3. The van der Waals surface area contributed by atoms with Crippen molar-refractivity contribution in [3.8, 4) is 0 Å². The number of aliphatic carboxylic acids is 2. The summed E-state index contributed by atoms with van der Waals surface area (Å²) in [5.41, 5.74) is 5.49. The number of amides is 1. The van der Waals surface area contributed by atoms with E-state index in [9.17, 15) is 14.4 Å². The van der Waals surface area contributed by atoms with Gasteiger partial charge in [-0.05, 0) is 19.8 Å². The average Bonchev–Trinajstić information content (AvgIpc) is 2.15. The van der Waals surface area contributed by atoms with Crippen LogP contribution in [-0.4, -0.2) is 40.1 Å². The average molecular weight is 246 g/mol. The first-order valence-corrected chi connectivity index (χ1v) is 5.32. The monoisotopic (exact) mass is 246 g/mol. The summed E-state index contributed by atoms with van der Waals surface area (Å²) in [5.74, 6) is -3.10. The lowest BCUT2D eigenvalue weighted by molar-refractivity contribution is -0.147. The molecule has 0 aliphatic heterocycles. The summed E-state index contributed by atoms with van der Waals surface area (Å²) in [6.07, 6.45) is 0.715. The molecule has 0 spiro atoms. The Kier molecular flexibility index (Phi) is 6.88. The molecule has 0 aromatic rings. The van der Waals surface area contributed by atoms with Crippen LogP contribution in [-0.2, 0) is 14.4 Å². The molecule has 0 bridgehead atoms. The Labute approximate surface area is 99.0 Å². The van der Waals surface area contributed by atoms with E-state index in [1.807, 2.05) is 6.92 Å². The first kappa shape index (κ1) is 15.4. The SMILES string of the molecule is CC(N)CCCC(=O)NC(CC(=O)O)C(=O)O. The van der Waals surface area contributed by atoms with Crippen molar-refractivity contribution in [3.05, 3.63) is 0 Å². The number of hydrogen-bond donors (Lipinski definition) is 4. The summed E-state index contributed by atoms with van der Waals surface area (Å²) in [7, 11) is 0. The number of carboxylic acid groups (broad SMARTS) is 2. The Morgan fingerprint density at radius 2 is 1.88 bits per heavy atom. The predicted molar refractivity (Wildman–Crippen MR) is 59.3 cm³/mol. The van der Waals surface area contributed by atoms with Gasteiger partial charge in [-0.3, -0.25) is 9.59 Å².